The Morgan fingerprint density at radius 2 is 1.68 bits per heavy atom. The summed E-state index contributed by atoms with van der Waals surface area (Å²) in [6.07, 6.45) is 0.579. The summed E-state index contributed by atoms with van der Waals surface area (Å²) in [6.45, 7) is 15.1. The molecule has 1 fully saturated rings. The summed E-state index contributed by atoms with van der Waals surface area (Å²) in [5.41, 5.74) is 2.79. The number of halogens is 1. The van der Waals surface area contributed by atoms with Crippen molar-refractivity contribution < 1.29 is 19.0 Å². The minimum atomic E-state index is -0.936. The van der Waals surface area contributed by atoms with Gasteiger partial charge in [-0.1, -0.05) is 59.2 Å². The second-order valence-corrected chi connectivity index (χ2v) is 11.8. The Morgan fingerprint density at radius 3 is 2.24 bits per heavy atom. The fourth-order valence-corrected chi connectivity index (χ4v) is 5.08. The van der Waals surface area contributed by atoms with Crippen molar-refractivity contribution in [3.05, 3.63) is 46.0 Å². The first kappa shape index (κ1) is 24.5. The van der Waals surface area contributed by atoms with Crippen LogP contribution in [0.1, 0.15) is 77.6 Å². The minimum Gasteiger partial charge on any atom is -0.495 e. The third-order valence-electron chi connectivity index (χ3n) is 6.74. The Labute approximate surface area is 207 Å². The van der Waals surface area contributed by atoms with Gasteiger partial charge in [0.1, 0.15) is 17.2 Å². The van der Waals surface area contributed by atoms with Gasteiger partial charge in [0.15, 0.2) is 5.72 Å². The summed E-state index contributed by atoms with van der Waals surface area (Å²) in [5, 5.41) is 3.60. The zero-order valence-corrected chi connectivity index (χ0v) is 22.3. The summed E-state index contributed by atoms with van der Waals surface area (Å²) in [4.78, 5) is 15.1. The Morgan fingerprint density at radius 1 is 1.03 bits per heavy atom. The zero-order chi connectivity index (χ0) is 25.2. The molecule has 2 aliphatic heterocycles. The van der Waals surface area contributed by atoms with E-state index in [0.717, 1.165) is 16.9 Å². The Bertz CT molecular complexity index is 1150. The second-order valence-electron chi connectivity index (χ2n) is 11.4. The van der Waals surface area contributed by atoms with Crippen molar-refractivity contribution in [3.8, 4) is 17.2 Å². The molecule has 0 aromatic heterocycles. The summed E-state index contributed by atoms with van der Waals surface area (Å²) < 4.78 is 17.7. The van der Waals surface area contributed by atoms with Crippen LogP contribution in [0.15, 0.2) is 24.3 Å². The maximum absolute atomic E-state index is 13.5. The van der Waals surface area contributed by atoms with E-state index in [1.165, 1.54) is 5.56 Å². The van der Waals surface area contributed by atoms with Crippen LogP contribution in [-0.2, 0) is 10.8 Å². The molecular weight excluding hydrogens is 452 g/mol. The average Bonchev–Trinajstić information content (AvgIpc) is 2.71. The first-order chi connectivity index (χ1) is 15.7. The van der Waals surface area contributed by atoms with Crippen molar-refractivity contribution in [2.75, 3.05) is 19.1 Å². The van der Waals surface area contributed by atoms with E-state index in [2.05, 4.69) is 59.0 Å². The van der Waals surface area contributed by atoms with E-state index in [4.69, 9.17) is 25.8 Å². The van der Waals surface area contributed by atoms with E-state index in [0.29, 0.717) is 28.6 Å². The number of benzene rings is 2. The van der Waals surface area contributed by atoms with Crippen LogP contribution in [0.4, 0.5) is 10.5 Å². The van der Waals surface area contributed by atoms with E-state index in [9.17, 15) is 4.79 Å². The van der Waals surface area contributed by atoms with Crippen molar-refractivity contribution >= 4 is 23.3 Å². The van der Waals surface area contributed by atoms with Gasteiger partial charge in [0.2, 0.25) is 0 Å². The number of nitrogens with zero attached hydrogens (tertiary/aromatic N) is 1. The fourth-order valence-electron chi connectivity index (χ4n) is 4.84. The Hall–Kier alpha value is -2.60. The van der Waals surface area contributed by atoms with Gasteiger partial charge < -0.3 is 19.5 Å². The molecule has 4 rings (SSSR count). The fraction of sp³-hybridized carbons (Fsp3) is 0.519. The highest BCUT2D eigenvalue weighted by Gasteiger charge is 2.52. The number of nitrogens with one attached hydrogen (secondary N) is 1. The predicted octanol–water partition coefficient (Wildman–Crippen LogP) is 6.72. The number of urea groups is 1. The average molecular weight is 487 g/mol. The summed E-state index contributed by atoms with van der Waals surface area (Å²) >= 11 is 6.45. The van der Waals surface area contributed by atoms with Crippen molar-refractivity contribution in [1.29, 1.82) is 0 Å². The number of ether oxygens (including phenoxy) is 3. The summed E-state index contributed by atoms with van der Waals surface area (Å²) in [5.74, 6) is 1.79. The third kappa shape index (κ3) is 3.96. The number of methoxy groups -OCH3 is 2. The van der Waals surface area contributed by atoms with Crippen LogP contribution in [0.25, 0.3) is 0 Å². The molecule has 2 heterocycles. The number of carbonyl (C=O) groups excluding carboxylic acids is 1. The largest absolute Gasteiger partial charge is 0.495 e. The number of anilines is 1. The lowest BCUT2D eigenvalue weighted by atomic mass is 9.76. The van der Waals surface area contributed by atoms with Crippen LogP contribution >= 0.6 is 11.6 Å². The molecule has 6 nitrogen and oxygen atoms in total. The second kappa shape index (κ2) is 7.98. The third-order valence-corrected chi connectivity index (χ3v) is 7.04. The molecular formula is C27H35ClN2O4. The van der Waals surface area contributed by atoms with Crippen LogP contribution in [0.5, 0.6) is 17.2 Å². The summed E-state index contributed by atoms with van der Waals surface area (Å²) in [6, 6.07) is 7.39. The van der Waals surface area contributed by atoms with Crippen LogP contribution in [0.3, 0.4) is 0 Å². The lowest BCUT2D eigenvalue weighted by Gasteiger charge is -2.52. The van der Waals surface area contributed by atoms with Gasteiger partial charge in [0.05, 0.1) is 31.0 Å². The van der Waals surface area contributed by atoms with E-state index < -0.39 is 5.72 Å². The molecule has 2 aromatic carbocycles. The van der Waals surface area contributed by atoms with E-state index in [1.807, 2.05) is 6.92 Å². The molecule has 2 aliphatic rings. The Kier molecular flexibility index (Phi) is 5.75. The quantitative estimate of drug-likeness (QED) is 0.523. The lowest BCUT2D eigenvalue weighted by Crippen LogP contribution is -2.65. The number of hydrogen-bond donors (Lipinski definition) is 1. The number of rotatable bonds is 3. The van der Waals surface area contributed by atoms with Gasteiger partial charge in [-0.15, -0.1) is 0 Å². The minimum absolute atomic E-state index is 0.0340. The first-order valence-corrected chi connectivity index (χ1v) is 12.0. The van der Waals surface area contributed by atoms with Gasteiger partial charge in [-0.3, -0.25) is 4.90 Å². The standard InChI is InChI=1S/C27H35ClN2O4/c1-25(2,3)15-10-16-19-14-27(7,34-23(16)17(11-15)26(4,5)6)30(24(31)29-19)20-12-18(28)21(32-8)13-22(20)33-9/h10-13,19H,14H2,1-9H3,(H,29,31)/t19-,27+/m0/s1. The maximum Gasteiger partial charge on any atom is 0.325 e. The Balaban J connectivity index is 1.90. The molecule has 184 valence electrons. The molecule has 1 saturated heterocycles. The molecule has 2 bridgehead atoms. The summed E-state index contributed by atoms with van der Waals surface area (Å²) in [7, 11) is 3.10. The molecule has 0 unspecified atom stereocenters. The van der Waals surface area contributed by atoms with Crippen molar-refractivity contribution in [2.45, 2.75) is 77.5 Å². The monoisotopic (exact) mass is 486 g/mol. The van der Waals surface area contributed by atoms with Gasteiger partial charge in [-0.05, 0) is 35.4 Å². The van der Waals surface area contributed by atoms with Crippen LogP contribution in [0, 0.1) is 0 Å². The molecule has 2 aromatic rings. The van der Waals surface area contributed by atoms with Crippen LogP contribution in [-0.4, -0.2) is 26.0 Å². The predicted molar refractivity (Wildman–Crippen MR) is 136 cm³/mol. The normalized spacial score (nSPS) is 22.0. The van der Waals surface area contributed by atoms with E-state index in [1.54, 1.807) is 31.3 Å². The van der Waals surface area contributed by atoms with Crippen LogP contribution < -0.4 is 24.4 Å². The van der Waals surface area contributed by atoms with Gasteiger partial charge >= 0.3 is 6.03 Å². The van der Waals surface area contributed by atoms with Crippen molar-refractivity contribution in [3.63, 3.8) is 0 Å². The SMILES string of the molecule is COc1cc(OC)c(N2C(=O)N[C@H]3C[C@@]2(C)Oc2c3cc(C(C)(C)C)cc2C(C)(C)C)cc1Cl. The van der Waals surface area contributed by atoms with Crippen LogP contribution in [0.2, 0.25) is 5.02 Å². The maximum atomic E-state index is 13.5. The highest BCUT2D eigenvalue weighted by Crippen LogP contribution is 2.52. The van der Waals surface area contributed by atoms with E-state index in [-0.39, 0.29) is 22.9 Å². The number of amides is 2. The highest BCUT2D eigenvalue weighted by molar-refractivity contribution is 6.32. The van der Waals surface area contributed by atoms with Gasteiger partial charge in [0.25, 0.3) is 0 Å². The molecule has 0 aliphatic carbocycles. The molecule has 0 radical (unpaired) electrons. The molecule has 34 heavy (non-hydrogen) atoms. The van der Waals surface area contributed by atoms with Crippen molar-refractivity contribution in [1.82, 2.24) is 5.32 Å². The lowest BCUT2D eigenvalue weighted by molar-refractivity contribution is 0.0354. The zero-order valence-electron chi connectivity index (χ0n) is 21.6. The highest BCUT2D eigenvalue weighted by atomic mass is 35.5. The number of hydrogen-bond acceptors (Lipinski definition) is 4. The molecule has 1 N–H and O–H groups in total. The smallest absolute Gasteiger partial charge is 0.325 e. The molecule has 2 atom stereocenters. The molecule has 2 amide bonds. The van der Waals surface area contributed by atoms with Gasteiger partial charge in [0, 0.05) is 23.6 Å². The van der Waals surface area contributed by atoms with E-state index >= 15 is 0 Å². The first-order valence-electron chi connectivity index (χ1n) is 11.6. The van der Waals surface area contributed by atoms with Gasteiger partial charge in [-0.25, -0.2) is 4.79 Å². The number of fused-ring (bicyclic) bond motifs is 4. The van der Waals surface area contributed by atoms with Crippen molar-refractivity contribution in [2.24, 2.45) is 0 Å². The molecule has 0 spiro atoms. The molecule has 0 saturated carbocycles. The molecule has 7 heteroatoms. The van der Waals surface area contributed by atoms with Gasteiger partial charge in [-0.2, -0.15) is 0 Å². The topological polar surface area (TPSA) is 60.0 Å². The number of carbonyl (C=O) groups is 1.